The average Bonchev–Trinajstić information content (AvgIpc) is 2.89. The number of rotatable bonds is 7. The smallest absolute Gasteiger partial charge is 0.233 e. The molecule has 0 spiro atoms. The Morgan fingerprint density at radius 3 is 2.58 bits per heavy atom. The van der Waals surface area contributed by atoms with Crippen molar-refractivity contribution >= 4 is 11.6 Å². The molecule has 130 valence electrons. The van der Waals surface area contributed by atoms with Crippen LogP contribution in [0.4, 0.5) is 0 Å². The monoisotopic (exact) mass is 336 g/mol. The molecule has 1 heterocycles. The third-order valence-corrected chi connectivity index (χ3v) is 3.75. The predicted molar refractivity (Wildman–Crippen MR) is 82.9 cm³/mol. The van der Waals surface area contributed by atoms with Crippen LogP contribution in [0.25, 0.3) is 0 Å². The fourth-order valence-corrected chi connectivity index (χ4v) is 2.54. The van der Waals surface area contributed by atoms with Gasteiger partial charge in [0.15, 0.2) is 5.76 Å². The molecule has 0 aromatic carbocycles. The van der Waals surface area contributed by atoms with Gasteiger partial charge in [-0.05, 0) is 13.8 Å². The molecule has 0 radical (unpaired) electrons. The van der Waals surface area contributed by atoms with Gasteiger partial charge in [0.05, 0.1) is 30.7 Å². The molecule has 0 bridgehead atoms. The zero-order chi connectivity index (χ0) is 17.9. The first kappa shape index (κ1) is 17.5. The molecule has 1 aromatic rings. The van der Waals surface area contributed by atoms with Crippen LogP contribution in [0.2, 0.25) is 0 Å². The molecule has 0 saturated heterocycles. The first-order valence-electron chi connectivity index (χ1n) is 7.52. The molecular formula is C15H20N4O5. The van der Waals surface area contributed by atoms with E-state index in [1.54, 1.807) is 17.8 Å². The molecule has 1 aliphatic rings. The van der Waals surface area contributed by atoms with E-state index in [1.807, 2.05) is 13.8 Å². The fourth-order valence-electron chi connectivity index (χ4n) is 2.54. The molecule has 24 heavy (non-hydrogen) atoms. The van der Waals surface area contributed by atoms with E-state index in [9.17, 15) is 14.8 Å². The number of carbonyl (C=O) groups is 2. The highest BCUT2D eigenvalue weighted by Crippen LogP contribution is 2.26. The van der Waals surface area contributed by atoms with Crippen molar-refractivity contribution in [2.45, 2.75) is 20.5 Å². The number of hydrogen-bond donors (Lipinski definition) is 0. The lowest BCUT2D eigenvalue weighted by molar-refractivity contribution is -0.710. The fraction of sp³-hybridized carbons (Fsp3) is 0.467. The Labute approximate surface area is 139 Å². The summed E-state index contributed by atoms with van der Waals surface area (Å²) in [4.78, 5) is 29.9. The number of fused-ring (bicyclic) bond motifs is 1. The largest absolute Gasteiger partial charge is 0.569 e. The number of aromatic nitrogens is 1. The summed E-state index contributed by atoms with van der Waals surface area (Å²) in [6, 6.07) is 0. The topological polar surface area (TPSA) is 99.2 Å². The minimum atomic E-state index is -0.394. The molecule has 0 amide bonds. The molecule has 9 heteroatoms. The average molecular weight is 336 g/mol. The summed E-state index contributed by atoms with van der Waals surface area (Å²) in [5, 5.41) is 16.6. The molecule has 9 nitrogen and oxygen atoms in total. The van der Waals surface area contributed by atoms with Crippen LogP contribution in [-0.4, -0.2) is 46.3 Å². The Kier molecular flexibility index (Phi) is 5.22. The van der Waals surface area contributed by atoms with Crippen LogP contribution in [0.5, 0.6) is 0 Å². The lowest BCUT2D eigenvalue weighted by Gasteiger charge is -2.14. The van der Waals surface area contributed by atoms with E-state index in [4.69, 9.17) is 9.57 Å². The maximum absolute atomic E-state index is 12.4. The summed E-state index contributed by atoms with van der Waals surface area (Å²) in [5.74, 6) is -0.736. The third kappa shape index (κ3) is 3.10. The molecule has 0 unspecified atom stereocenters. The maximum Gasteiger partial charge on any atom is 0.233 e. The molecule has 0 fully saturated rings. The SMILES string of the molecule is CCN(CC)/[N+]([O-])=N/OCc1cn(C)c2c1C(=O)C(OC)=CC2=O. The highest BCUT2D eigenvalue weighted by atomic mass is 16.7. The van der Waals surface area contributed by atoms with Crippen LogP contribution in [0, 0.1) is 5.21 Å². The normalized spacial score (nSPS) is 14.3. The second kappa shape index (κ2) is 7.16. The number of carbonyl (C=O) groups excluding carboxylic acids is 2. The van der Waals surface area contributed by atoms with Crippen LogP contribution in [0.1, 0.15) is 40.3 Å². The zero-order valence-corrected chi connectivity index (χ0v) is 14.1. The minimum Gasteiger partial charge on any atom is -0.569 e. The Bertz CT molecular complexity index is 716. The lowest BCUT2D eigenvalue weighted by Crippen LogP contribution is -2.30. The van der Waals surface area contributed by atoms with Crippen LogP contribution < -0.4 is 0 Å². The zero-order valence-electron chi connectivity index (χ0n) is 14.1. The summed E-state index contributed by atoms with van der Waals surface area (Å²) >= 11 is 0. The van der Waals surface area contributed by atoms with Gasteiger partial charge in [0.25, 0.3) is 0 Å². The molecule has 0 aliphatic heterocycles. The van der Waals surface area contributed by atoms with Gasteiger partial charge in [0.2, 0.25) is 16.8 Å². The van der Waals surface area contributed by atoms with Crippen molar-refractivity contribution in [3.63, 3.8) is 0 Å². The van der Waals surface area contributed by atoms with Gasteiger partial charge >= 0.3 is 0 Å². The van der Waals surface area contributed by atoms with Gasteiger partial charge in [-0.2, -0.15) is 0 Å². The molecular weight excluding hydrogens is 316 g/mol. The van der Waals surface area contributed by atoms with Gasteiger partial charge in [-0.15, -0.1) is 5.01 Å². The lowest BCUT2D eigenvalue weighted by atomic mass is 9.97. The number of hydrogen-bond acceptors (Lipinski definition) is 6. The number of hydrazine groups is 1. The molecule has 0 atom stereocenters. The number of allylic oxidation sites excluding steroid dienone is 2. The van der Waals surface area contributed by atoms with Crippen molar-refractivity contribution < 1.29 is 24.1 Å². The van der Waals surface area contributed by atoms with E-state index in [0.29, 0.717) is 23.6 Å². The first-order valence-corrected chi connectivity index (χ1v) is 7.52. The van der Waals surface area contributed by atoms with Crippen molar-refractivity contribution in [3.8, 4) is 0 Å². The number of methoxy groups -OCH3 is 1. The standard InChI is InChI=1S/C15H20N4O5/c1-5-18(6-2)19(22)16-24-9-10-8-17(3)14-11(20)7-12(23-4)15(21)13(10)14/h7-8H,5-6,9H2,1-4H3/b19-16-. The van der Waals surface area contributed by atoms with Crippen molar-refractivity contribution in [2.75, 3.05) is 20.2 Å². The van der Waals surface area contributed by atoms with Gasteiger partial charge in [-0.25, -0.2) is 0 Å². The van der Waals surface area contributed by atoms with Crippen LogP contribution in [-0.2, 0) is 23.2 Å². The maximum atomic E-state index is 12.4. The summed E-state index contributed by atoms with van der Waals surface area (Å²) in [5.41, 5.74) is 0.949. The molecule has 2 rings (SSSR count). The highest BCUT2D eigenvalue weighted by Gasteiger charge is 2.32. The summed E-state index contributed by atoms with van der Waals surface area (Å²) < 4.78 is 6.50. The van der Waals surface area contributed by atoms with E-state index >= 15 is 0 Å². The van der Waals surface area contributed by atoms with E-state index in [2.05, 4.69) is 5.28 Å². The van der Waals surface area contributed by atoms with Crippen molar-refractivity contribution in [1.82, 2.24) is 9.58 Å². The van der Waals surface area contributed by atoms with Gasteiger partial charge in [0, 0.05) is 24.9 Å². The number of ketones is 2. The van der Waals surface area contributed by atoms with Crippen molar-refractivity contribution in [2.24, 2.45) is 12.3 Å². The number of aryl methyl sites for hydroxylation is 1. The molecule has 1 aliphatic carbocycles. The van der Waals surface area contributed by atoms with Gasteiger partial charge in [-0.1, -0.05) is 0 Å². The Hall–Kier alpha value is -2.84. The van der Waals surface area contributed by atoms with E-state index in [1.165, 1.54) is 18.2 Å². The summed E-state index contributed by atoms with van der Waals surface area (Å²) in [6.45, 7) is 4.51. The van der Waals surface area contributed by atoms with Gasteiger partial charge < -0.3 is 19.3 Å². The molecule has 0 saturated carbocycles. The van der Waals surface area contributed by atoms with Crippen LogP contribution in [0.15, 0.2) is 23.3 Å². The minimum absolute atomic E-state index is 0.0227. The quantitative estimate of drug-likeness (QED) is 0.426. The third-order valence-electron chi connectivity index (χ3n) is 3.75. The number of nitrogens with zero attached hydrogens (tertiary/aromatic N) is 4. The Balaban J connectivity index is 2.23. The second-order valence-corrected chi connectivity index (χ2v) is 5.14. The van der Waals surface area contributed by atoms with E-state index in [-0.39, 0.29) is 29.4 Å². The van der Waals surface area contributed by atoms with Gasteiger partial charge in [0.1, 0.15) is 12.3 Å². The Morgan fingerprint density at radius 2 is 2.00 bits per heavy atom. The number of Topliss-reactive ketones (excluding diaryl/α,β-unsaturated/α-hetero) is 1. The van der Waals surface area contributed by atoms with Crippen LogP contribution >= 0.6 is 0 Å². The van der Waals surface area contributed by atoms with Gasteiger partial charge in [-0.3, -0.25) is 9.59 Å². The van der Waals surface area contributed by atoms with Crippen molar-refractivity contribution in [3.05, 3.63) is 40.1 Å². The van der Waals surface area contributed by atoms with Crippen molar-refractivity contribution in [1.29, 1.82) is 0 Å². The highest BCUT2D eigenvalue weighted by molar-refractivity contribution is 6.23. The van der Waals surface area contributed by atoms with E-state index < -0.39 is 5.78 Å². The van der Waals surface area contributed by atoms with Crippen LogP contribution in [0.3, 0.4) is 0 Å². The summed E-state index contributed by atoms with van der Waals surface area (Å²) in [6.07, 6.45) is 2.77. The Morgan fingerprint density at radius 1 is 1.33 bits per heavy atom. The van der Waals surface area contributed by atoms with E-state index in [0.717, 1.165) is 0 Å². The molecule has 0 N–H and O–H groups in total. The first-order chi connectivity index (χ1) is 11.4. The predicted octanol–water partition coefficient (Wildman–Crippen LogP) is 1.59. The summed E-state index contributed by atoms with van der Waals surface area (Å²) in [7, 11) is 2.99. The number of ether oxygens (including phenoxy) is 1. The molecule has 1 aromatic heterocycles. The second-order valence-electron chi connectivity index (χ2n) is 5.14.